The van der Waals surface area contributed by atoms with E-state index in [1.54, 1.807) is 27.8 Å². The van der Waals surface area contributed by atoms with Gasteiger partial charge >= 0.3 is 5.97 Å². The molecule has 4 heterocycles. The van der Waals surface area contributed by atoms with Crippen LogP contribution in [0, 0.1) is 11.3 Å². The van der Waals surface area contributed by atoms with E-state index in [4.69, 9.17) is 9.84 Å². The van der Waals surface area contributed by atoms with Gasteiger partial charge in [0.1, 0.15) is 5.39 Å². The summed E-state index contributed by atoms with van der Waals surface area (Å²) < 4.78 is 8.95. The predicted molar refractivity (Wildman–Crippen MR) is 124 cm³/mol. The van der Waals surface area contributed by atoms with Gasteiger partial charge in [0.2, 0.25) is 0 Å². The summed E-state index contributed by atoms with van der Waals surface area (Å²) >= 11 is 0. The second-order valence-corrected chi connectivity index (χ2v) is 8.49. The topological polar surface area (TPSA) is 164 Å². The van der Waals surface area contributed by atoms with E-state index in [9.17, 15) is 20.0 Å². The van der Waals surface area contributed by atoms with E-state index < -0.39 is 17.6 Å². The molecule has 2 unspecified atom stereocenters. The first kappa shape index (κ1) is 22.3. The number of ether oxygens (including phenoxy) is 1. The summed E-state index contributed by atoms with van der Waals surface area (Å²) in [7, 11) is 0. The second-order valence-electron chi connectivity index (χ2n) is 8.49. The summed E-state index contributed by atoms with van der Waals surface area (Å²) in [4.78, 5) is 26.8. The zero-order valence-electron chi connectivity index (χ0n) is 18.6. The Hall–Kier alpha value is -4.50. The highest BCUT2D eigenvalue weighted by Crippen LogP contribution is 2.37. The average Bonchev–Trinajstić information content (AvgIpc) is 3.50. The van der Waals surface area contributed by atoms with Crippen molar-refractivity contribution >= 4 is 28.4 Å². The summed E-state index contributed by atoms with van der Waals surface area (Å²) in [5.41, 5.74) is 1.06. The molecule has 178 valence electrons. The van der Waals surface area contributed by atoms with Crippen molar-refractivity contribution in [2.45, 2.75) is 37.5 Å². The highest BCUT2D eigenvalue weighted by atomic mass is 16.5. The number of aromatic amines is 1. The number of nitrogens with one attached hydrogen (secondary N) is 2. The van der Waals surface area contributed by atoms with Crippen molar-refractivity contribution < 1.29 is 14.6 Å². The molecule has 1 aliphatic rings. The number of nitriles is 1. The average molecular weight is 474 g/mol. The lowest BCUT2D eigenvalue weighted by Crippen LogP contribution is -2.46. The van der Waals surface area contributed by atoms with Gasteiger partial charge in [-0.1, -0.05) is 17.3 Å². The van der Waals surface area contributed by atoms with Crippen LogP contribution in [-0.2, 0) is 21.6 Å². The van der Waals surface area contributed by atoms with Gasteiger partial charge in [-0.25, -0.2) is 9.48 Å². The second kappa shape index (κ2) is 9.03. The number of carboxylic acids is 1. The normalized spacial score (nSPS) is 19.9. The Labute approximate surface area is 198 Å². The molecule has 1 aliphatic heterocycles. The molecule has 1 saturated heterocycles. The van der Waals surface area contributed by atoms with Crippen molar-refractivity contribution in [2.75, 3.05) is 11.9 Å². The number of carboxylic acid groups (broad SMARTS) is 1. The summed E-state index contributed by atoms with van der Waals surface area (Å²) in [5.74, 6) is -0.699. The van der Waals surface area contributed by atoms with Gasteiger partial charge in [0.15, 0.2) is 11.9 Å². The smallest absolute Gasteiger partial charge is 0.332 e. The monoisotopic (exact) mass is 474 g/mol. The zero-order valence-corrected chi connectivity index (χ0v) is 18.6. The van der Waals surface area contributed by atoms with E-state index in [0.29, 0.717) is 29.7 Å². The van der Waals surface area contributed by atoms with Crippen LogP contribution in [-0.4, -0.2) is 53.5 Å². The van der Waals surface area contributed by atoms with Crippen LogP contribution in [0.5, 0.6) is 0 Å². The maximum atomic E-state index is 12.8. The first-order chi connectivity index (χ1) is 17.0. The Morgan fingerprint density at radius 2 is 2.17 bits per heavy atom. The minimum atomic E-state index is -1.04. The molecule has 0 amide bonds. The molecule has 35 heavy (non-hydrogen) atoms. The van der Waals surface area contributed by atoms with Crippen LogP contribution < -0.4 is 10.9 Å². The molecule has 2 atom stereocenters. The van der Waals surface area contributed by atoms with Crippen LogP contribution >= 0.6 is 0 Å². The molecule has 5 rings (SSSR count). The lowest BCUT2D eigenvalue weighted by molar-refractivity contribution is -0.158. The van der Waals surface area contributed by atoms with Crippen molar-refractivity contribution in [3.63, 3.8) is 0 Å². The Balaban J connectivity index is 1.49. The minimum Gasteiger partial charge on any atom is -0.479 e. The lowest BCUT2D eigenvalue weighted by Gasteiger charge is -2.38. The number of benzene rings is 1. The Bertz CT molecular complexity index is 1440. The number of nitrogens with zero attached hydrogens (tertiary/aromatic N) is 6. The van der Waals surface area contributed by atoms with E-state index >= 15 is 0 Å². The van der Waals surface area contributed by atoms with Crippen LogP contribution in [0.4, 0.5) is 11.5 Å². The summed E-state index contributed by atoms with van der Waals surface area (Å²) in [6.45, 7) is 0.572. The SMILES string of the molecule is N#CCC1(n2nc(Nc3ccc(Cn4ccnn4)cc3)c3c(=O)[nH]ccc32)CCC(C(=O)O)OC1. The molecule has 1 fully saturated rings. The maximum Gasteiger partial charge on any atom is 0.332 e. The Morgan fingerprint density at radius 1 is 1.34 bits per heavy atom. The van der Waals surface area contributed by atoms with Gasteiger partial charge in [-0.2, -0.15) is 10.4 Å². The molecule has 0 spiro atoms. The first-order valence-corrected chi connectivity index (χ1v) is 11.0. The Morgan fingerprint density at radius 3 is 2.83 bits per heavy atom. The molecule has 0 radical (unpaired) electrons. The van der Waals surface area contributed by atoms with Crippen LogP contribution in [0.3, 0.4) is 0 Å². The molecule has 4 aromatic rings. The van der Waals surface area contributed by atoms with Gasteiger partial charge in [-0.3, -0.25) is 9.48 Å². The fourth-order valence-corrected chi connectivity index (χ4v) is 4.39. The molecule has 1 aromatic carbocycles. The van der Waals surface area contributed by atoms with Crippen LogP contribution in [0.25, 0.3) is 10.9 Å². The number of fused-ring (bicyclic) bond motifs is 1. The quantitative estimate of drug-likeness (QED) is 0.363. The summed E-state index contributed by atoms with van der Waals surface area (Å²) in [6, 6.07) is 11.5. The number of carbonyl (C=O) groups is 1. The first-order valence-electron chi connectivity index (χ1n) is 11.0. The maximum absolute atomic E-state index is 12.8. The molecule has 0 aliphatic carbocycles. The summed E-state index contributed by atoms with van der Waals surface area (Å²) in [6.07, 6.45) is 4.65. The fourth-order valence-electron chi connectivity index (χ4n) is 4.39. The van der Waals surface area contributed by atoms with E-state index in [2.05, 4.69) is 26.7 Å². The highest BCUT2D eigenvalue weighted by Gasteiger charge is 2.42. The fraction of sp³-hybridized carbons (Fsp3) is 0.304. The standard InChI is InChI=1S/C23H22N8O4/c24-9-8-23(7-5-18(22(33)34)35-14-23)31-17-6-10-25-21(32)19(17)20(28-31)27-16-3-1-15(2-4-16)13-30-12-11-26-29-30/h1-4,6,10-12,18H,5,7-8,13-14H2,(H,25,32)(H,27,28)(H,33,34). The van der Waals surface area contributed by atoms with Gasteiger partial charge < -0.3 is 20.1 Å². The van der Waals surface area contributed by atoms with Gasteiger partial charge in [0, 0.05) is 18.1 Å². The van der Waals surface area contributed by atoms with Crippen LogP contribution in [0.15, 0.2) is 53.7 Å². The zero-order chi connectivity index (χ0) is 24.4. The predicted octanol–water partition coefficient (Wildman–Crippen LogP) is 1.98. The molecular weight excluding hydrogens is 452 g/mol. The number of pyridine rings is 1. The van der Waals surface area contributed by atoms with E-state index in [-0.39, 0.29) is 25.0 Å². The van der Waals surface area contributed by atoms with E-state index in [1.807, 2.05) is 24.3 Å². The minimum absolute atomic E-state index is 0.00245. The number of hydrogen-bond donors (Lipinski definition) is 3. The molecule has 0 saturated carbocycles. The number of H-pyrrole nitrogens is 1. The molecule has 12 nitrogen and oxygen atoms in total. The van der Waals surface area contributed by atoms with Gasteiger partial charge in [0.05, 0.1) is 42.9 Å². The van der Waals surface area contributed by atoms with E-state index in [1.165, 1.54) is 6.20 Å². The number of aromatic nitrogens is 6. The lowest BCUT2D eigenvalue weighted by atomic mass is 9.87. The van der Waals surface area contributed by atoms with Crippen molar-refractivity contribution in [3.8, 4) is 6.07 Å². The highest BCUT2D eigenvalue weighted by molar-refractivity contribution is 5.91. The third-order valence-electron chi connectivity index (χ3n) is 6.19. The van der Waals surface area contributed by atoms with Crippen LogP contribution in [0.2, 0.25) is 0 Å². The number of aliphatic carboxylic acids is 1. The van der Waals surface area contributed by atoms with E-state index in [0.717, 1.165) is 11.3 Å². The van der Waals surface area contributed by atoms with Gasteiger partial charge in [-0.05, 0) is 36.6 Å². The summed E-state index contributed by atoms with van der Waals surface area (Å²) in [5, 5.41) is 34.9. The molecule has 0 bridgehead atoms. The van der Waals surface area contributed by atoms with Crippen molar-refractivity contribution in [2.24, 2.45) is 0 Å². The van der Waals surface area contributed by atoms with Crippen LogP contribution in [0.1, 0.15) is 24.8 Å². The van der Waals surface area contributed by atoms with Crippen molar-refractivity contribution in [1.82, 2.24) is 29.8 Å². The molecule has 3 aromatic heterocycles. The molecule has 3 N–H and O–H groups in total. The largest absolute Gasteiger partial charge is 0.479 e. The van der Waals surface area contributed by atoms with Crippen molar-refractivity contribution in [3.05, 3.63) is 64.8 Å². The number of hydrogen-bond acceptors (Lipinski definition) is 8. The number of anilines is 2. The Kier molecular flexibility index (Phi) is 5.76. The third-order valence-corrected chi connectivity index (χ3v) is 6.19. The molecular formula is C23H22N8O4. The van der Waals surface area contributed by atoms with Gasteiger partial charge in [-0.15, -0.1) is 5.10 Å². The third kappa shape index (κ3) is 4.24. The number of rotatable bonds is 7. The molecule has 12 heteroatoms. The van der Waals surface area contributed by atoms with Gasteiger partial charge in [0.25, 0.3) is 5.56 Å². The van der Waals surface area contributed by atoms with Crippen molar-refractivity contribution in [1.29, 1.82) is 5.26 Å².